The van der Waals surface area contributed by atoms with Gasteiger partial charge in [-0.2, -0.15) is 13.2 Å². The first kappa shape index (κ1) is 18.0. The SMILES string of the molecule is CC(C)C(CNCC(C(N)=NO)C(F)(F)F)C(C)C. The van der Waals surface area contributed by atoms with E-state index in [2.05, 4.69) is 10.5 Å². The van der Waals surface area contributed by atoms with Crippen LogP contribution < -0.4 is 11.1 Å². The van der Waals surface area contributed by atoms with Gasteiger partial charge in [-0.1, -0.05) is 32.9 Å². The molecule has 0 aromatic rings. The monoisotopic (exact) mass is 283 g/mol. The number of nitrogens with zero attached hydrogens (tertiary/aromatic N) is 1. The van der Waals surface area contributed by atoms with Gasteiger partial charge in [0, 0.05) is 6.54 Å². The molecule has 1 unspecified atom stereocenters. The van der Waals surface area contributed by atoms with Crippen LogP contribution in [0, 0.1) is 23.7 Å². The van der Waals surface area contributed by atoms with Gasteiger partial charge in [0.05, 0.1) is 0 Å². The van der Waals surface area contributed by atoms with E-state index < -0.39 is 17.9 Å². The average molecular weight is 283 g/mol. The van der Waals surface area contributed by atoms with Crippen molar-refractivity contribution < 1.29 is 18.4 Å². The second kappa shape index (κ2) is 7.57. The van der Waals surface area contributed by atoms with Crippen LogP contribution in [0.3, 0.4) is 0 Å². The van der Waals surface area contributed by atoms with E-state index in [9.17, 15) is 13.2 Å². The molecule has 0 fully saturated rings. The number of nitrogens with two attached hydrogens (primary N) is 1. The fraction of sp³-hybridized carbons (Fsp3) is 0.917. The molecule has 114 valence electrons. The number of rotatable bonds is 7. The van der Waals surface area contributed by atoms with Gasteiger partial charge in [0.25, 0.3) is 0 Å². The molecule has 7 heteroatoms. The Morgan fingerprint density at radius 2 is 1.63 bits per heavy atom. The Morgan fingerprint density at radius 3 is 1.95 bits per heavy atom. The lowest BCUT2D eigenvalue weighted by molar-refractivity contribution is -0.155. The highest BCUT2D eigenvalue weighted by Gasteiger charge is 2.42. The molecule has 0 heterocycles. The second-order valence-corrected chi connectivity index (χ2v) is 5.43. The van der Waals surface area contributed by atoms with Crippen molar-refractivity contribution in [2.75, 3.05) is 13.1 Å². The van der Waals surface area contributed by atoms with Crippen molar-refractivity contribution in [3.8, 4) is 0 Å². The topological polar surface area (TPSA) is 70.6 Å². The molecule has 1 atom stereocenters. The molecular formula is C12H24F3N3O. The number of nitrogens with one attached hydrogen (secondary N) is 1. The Labute approximate surface area is 112 Å². The average Bonchev–Trinajstić information content (AvgIpc) is 2.25. The summed E-state index contributed by atoms with van der Waals surface area (Å²) in [4.78, 5) is 0. The zero-order chi connectivity index (χ0) is 15.2. The Balaban J connectivity index is 4.50. The van der Waals surface area contributed by atoms with Crippen LogP contribution in [0.15, 0.2) is 5.16 Å². The van der Waals surface area contributed by atoms with Crippen molar-refractivity contribution in [3.63, 3.8) is 0 Å². The van der Waals surface area contributed by atoms with Crippen molar-refractivity contribution >= 4 is 5.84 Å². The van der Waals surface area contributed by atoms with Crippen molar-refractivity contribution in [2.24, 2.45) is 34.6 Å². The maximum atomic E-state index is 12.7. The summed E-state index contributed by atoms with van der Waals surface area (Å²) in [5.41, 5.74) is 5.08. The van der Waals surface area contributed by atoms with E-state index in [0.717, 1.165) is 0 Å². The van der Waals surface area contributed by atoms with Gasteiger partial charge in [-0.15, -0.1) is 0 Å². The number of hydrogen-bond acceptors (Lipinski definition) is 3. The van der Waals surface area contributed by atoms with Crippen LogP contribution in [0.5, 0.6) is 0 Å². The van der Waals surface area contributed by atoms with E-state index in [1.54, 1.807) is 0 Å². The minimum Gasteiger partial charge on any atom is -0.409 e. The second-order valence-electron chi connectivity index (χ2n) is 5.43. The van der Waals surface area contributed by atoms with Gasteiger partial charge in [0.2, 0.25) is 0 Å². The number of halogens is 3. The van der Waals surface area contributed by atoms with E-state index in [1.165, 1.54) is 0 Å². The molecule has 19 heavy (non-hydrogen) atoms. The van der Waals surface area contributed by atoms with Crippen LogP contribution in [-0.4, -0.2) is 30.3 Å². The third-order valence-corrected chi connectivity index (χ3v) is 3.31. The molecule has 0 radical (unpaired) electrons. The molecule has 0 aliphatic rings. The summed E-state index contributed by atoms with van der Waals surface area (Å²) < 4.78 is 38.1. The smallest absolute Gasteiger partial charge is 0.400 e. The number of amidine groups is 1. The summed E-state index contributed by atoms with van der Waals surface area (Å²) in [5.74, 6) is -1.74. The van der Waals surface area contributed by atoms with Gasteiger partial charge in [-0.25, -0.2) is 0 Å². The van der Waals surface area contributed by atoms with Crippen molar-refractivity contribution in [1.29, 1.82) is 0 Å². The van der Waals surface area contributed by atoms with Crippen LogP contribution in [0.25, 0.3) is 0 Å². The molecule has 0 aliphatic carbocycles. The third-order valence-electron chi connectivity index (χ3n) is 3.31. The first-order valence-electron chi connectivity index (χ1n) is 6.36. The molecule has 0 aliphatic heterocycles. The Kier molecular flexibility index (Phi) is 7.18. The predicted octanol–water partition coefficient (Wildman–Crippen LogP) is 2.43. The maximum Gasteiger partial charge on any atom is 0.400 e. The van der Waals surface area contributed by atoms with Gasteiger partial charge in [-0.3, -0.25) is 0 Å². The van der Waals surface area contributed by atoms with Crippen LogP contribution in [0.4, 0.5) is 13.2 Å². The molecular weight excluding hydrogens is 259 g/mol. The first-order valence-corrected chi connectivity index (χ1v) is 6.36. The summed E-state index contributed by atoms with van der Waals surface area (Å²) >= 11 is 0. The Morgan fingerprint density at radius 1 is 1.16 bits per heavy atom. The Hall–Kier alpha value is -0.980. The van der Waals surface area contributed by atoms with E-state index >= 15 is 0 Å². The largest absolute Gasteiger partial charge is 0.409 e. The standard InChI is InChI=1S/C12H24F3N3O/c1-7(2)9(8(3)4)5-17-6-10(11(16)18-19)12(13,14)15/h7-10,17,19H,5-6H2,1-4H3,(H2,16,18). The van der Waals surface area contributed by atoms with Gasteiger partial charge >= 0.3 is 6.18 Å². The zero-order valence-corrected chi connectivity index (χ0v) is 11.8. The minimum absolute atomic E-state index is 0.279. The van der Waals surface area contributed by atoms with E-state index in [-0.39, 0.29) is 12.5 Å². The molecule has 0 aromatic heterocycles. The van der Waals surface area contributed by atoms with Gasteiger partial charge in [0.1, 0.15) is 5.92 Å². The maximum absolute atomic E-state index is 12.7. The highest BCUT2D eigenvalue weighted by molar-refractivity contribution is 5.83. The van der Waals surface area contributed by atoms with Gasteiger partial charge < -0.3 is 16.3 Å². The molecule has 0 saturated heterocycles. The highest BCUT2D eigenvalue weighted by atomic mass is 19.4. The highest BCUT2D eigenvalue weighted by Crippen LogP contribution is 2.26. The number of hydrogen-bond donors (Lipinski definition) is 3. The molecule has 0 saturated carbocycles. The predicted molar refractivity (Wildman–Crippen MR) is 69.0 cm³/mol. The number of alkyl halides is 3. The molecule has 0 bridgehead atoms. The first-order chi connectivity index (χ1) is 8.61. The Bertz CT molecular complexity index is 282. The minimum atomic E-state index is -4.52. The molecule has 4 nitrogen and oxygen atoms in total. The van der Waals surface area contributed by atoms with Crippen LogP contribution in [-0.2, 0) is 0 Å². The molecule has 4 N–H and O–H groups in total. The molecule has 0 amide bonds. The van der Waals surface area contributed by atoms with E-state index in [1.807, 2.05) is 27.7 Å². The summed E-state index contributed by atoms with van der Waals surface area (Å²) in [6.07, 6.45) is -4.52. The van der Waals surface area contributed by atoms with Crippen molar-refractivity contribution in [2.45, 2.75) is 33.9 Å². The summed E-state index contributed by atoms with van der Waals surface area (Å²) in [5, 5.41) is 13.6. The lowest BCUT2D eigenvalue weighted by Crippen LogP contribution is -2.44. The van der Waals surface area contributed by atoms with Crippen LogP contribution >= 0.6 is 0 Å². The van der Waals surface area contributed by atoms with Crippen molar-refractivity contribution in [1.82, 2.24) is 5.32 Å². The molecule has 0 aromatic carbocycles. The van der Waals surface area contributed by atoms with Crippen molar-refractivity contribution in [3.05, 3.63) is 0 Å². The molecule has 0 spiro atoms. The normalized spacial score (nSPS) is 15.6. The van der Waals surface area contributed by atoms with Gasteiger partial charge in [0.15, 0.2) is 5.84 Å². The van der Waals surface area contributed by atoms with Crippen LogP contribution in [0.2, 0.25) is 0 Å². The van der Waals surface area contributed by atoms with Crippen LogP contribution in [0.1, 0.15) is 27.7 Å². The van der Waals surface area contributed by atoms with Gasteiger partial charge in [-0.05, 0) is 24.3 Å². The lowest BCUT2D eigenvalue weighted by atomic mass is 9.85. The van der Waals surface area contributed by atoms with E-state index in [4.69, 9.17) is 10.9 Å². The van der Waals surface area contributed by atoms with E-state index in [0.29, 0.717) is 18.4 Å². The fourth-order valence-electron chi connectivity index (χ4n) is 2.09. The zero-order valence-electron chi connectivity index (χ0n) is 11.8. The summed E-state index contributed by atoms with van der Waals surface area (Å²) in [7, 11) is 0. The lowest BCUT2D eigenvalue weighted by Gasteiger charge is -2.26. The fourth-order valence-corrected chi connectivity index (χ4v) is 2.09. The molecule has 0 rings (SSSR count). The third kappa shape index (κ3) is 6.13. The quantitative estimate of drug-likeness (QED) is 0.291. The summed E-state index contributed by atoms with van der Waals surface area (Å²) in [6, 6.07) is 0. The number of oxime groups is 1. The summed E-state index contributed by atoms with van der Waals surface area (Å²) in [6.45, 7) is 8.25.